The Bertz CT molecular complexity index is 346. The van der Waals surface area contributed by atoms with E-state index in [1.807, 2.05) is 6.92 Å². The smallest absolute Gasteiger partial charge is 0.0793 e. The van der Waals surface area contributed by atoms with Crippen LogP contribution in [-0.2, 0) is 4.74 Å². The molecule has 0 unspecified atom stereocenters. The first-order chi connectivity index (χ1) is 10.8. The monoisotopic (exact) mass is 329 g/mol. The van der Waals surface area contributed by atoms with Crippen LogP contribution in [0.4, 0.5) is 0 Å². The second-order valence-electron chi connectivity index (χ2n) is 7.58. The molecule has 6 nitrogen and oxygen atoms in total. The molecule has 2 N–H and O–H groups in total. The Morgan fingerprint density at radius 3 is 2.09 bits per heavy atom. The first kappa shape index (κ1) is 19.1. The fourth-order valence-corrected chi connectivity index (χ4v) is 3.93. The predicted octanol–water partition coefficient (Wildman–Crippen LogP) is -0.157. The highest BCUT2D eigenvalue weighted by molar-refractivity contribution is 4.83. The van der Waals surface area contributed by atoms with Gasteiger partial charge in [0, 0.05) is 58.4 Å². The zero-order valence-electron chi connectivity index (χ0n) is 15.2. The maximum Gasteiger partial charge on any atom is 0.0793 e. The zero-order valence-corrected chi connectivity index (χ0v) is 15.2. The number of piperazine rings is 1. The Kier molecular flexibility index (Phi) is 7.25. The van der Waals surface area contributed by atoms with Crippen LogP contribution in [0.2, 0.25) is 0 Å². The summed E-state index contributed by atoms with van der Waals surface area (Å²) in [7, 11) is 0. The highest BCUT2D eigenvalue weighted by Crippen LogP contribution is 2.13. The molecule has 2 rings (SSSR count). The van der Waals surface area contributed by atoms with Crippen molar-refractivity contribution in [2.75, 3.05) is 52.4 Å². The number of morpholine rings is 1. The molecule has 5 atom stereocenters. The lowest BCUT2D eigenvalue weighted by molar-refractivity contribution is -0.0790. The molecule has 2 aliphatic rings. The van der Waals surface area contributed by atoms with E-state index in [2.05, 4.69) is 35.5 Å². The van der Waals surface area contributed by atoms with Gasteiger partial charge < -0.3 is 14.9 Å². The third-order valence-corrected chi connectivity index (χ3v) is 4.78. The number of aliphatic hydroxyl groups excluding tert-OH is 2. The molecule has 0 aliphatic carbocycles. The minimum absolute atomic E-state index is 0.245. The van der Waals surface area contributed by atoms with Crippen molar-refractivity contribution in [3.63, 3.8) is 0 Å². The number of nitrogens with zero attached hydrogens (tertiary/aromatic N) is 3. The maximum atomic E-state index is 10.4. The molecule has 0 amide bonds. The summed E-state index contributed by atoms with van der Waals surface area (Å²) >= 11 is 0. The summed E-state index contributed by atoms with van der Waals surface area (Å²) < 4.78 is 5.75. The number of hydrogen-bond acceptors (Lipinski definition) is 6. The van der Waals surface area contributed by atoms with Crippen LogP contribution < -0.4 is 0 Å². The third-order valence-electron chi connectivity index (χ3n) is 4.78. The van der Waals surface area contributed by atoms with E-state index in [0.29, 0.717) is 6.04 Å². The molecule has 23 heavy (non-hydrogen) atoms. The molecule has 0 saturated carbocycles. The number of ether oxygens (including phenoxy) is 1. The average molecular weight is 329 g/mol. The Morgan fingerprint density at radius 1 is 0.913 bits per heavy atom. The Morgan fingerprint density at radius 2 is 1.52 bits per heavy atom. The second-order valence-corrected chi connectivity index (χ2v) is 7.58. The predicted molar refractivity (Wildman–Crippen MR) is 91.6 cm³/mol. The lowest BCUT2D eigenvalue weighted by atomic mass is 10.1. The first-order valence-corrected chi connectivity index (χ1v) is 9.03. The van der Waals surface area contributed by atoms with Crippen LogP contribution in [-0.4, -0.2) is 108 Å². The molecule has 2 heterocycles. The van der Waals surface area contributed by atoms with Crippen LogP contribution in [0.25, 0.3) is 0 Å². The first-order valence-electron chi connectivity index (χ1n) is 9.03. The summed E-state index contributed by atoms with van der Waals surface area (Å²) in [4.78, 5) is 7.00. The van der Waals surface area contributed by atoms with Gasteiger partial charge in [-0.25, -0.2) is 0 Å². The summed E-state index contributed by atoms with van der Waals surface area (Å²) in [6, 6.07) is 0.425. The van der Waals surface area contributed by atoms with Gasteiger partial charge in [0.25, 0.3) is 0 Å². The molecule has 0 radical (unpaired) electrons. The number of β-amino-alcohol motifs (C(OH)–C–C–N with tert-alkyl or cyclic N) is 2. The van der Waals surface area contributed by atoms with Crippen molar-refractivity contribution in [3.8, 4) is 0 Å². The van der Waals surface area contributed by atoms with Gasteiger partial charge >= 0.3 is 0 Å². The van der Waals surface area contributed by atoms with E-state index in [0.717, 1.165) is 52.4 Å². The Labute approximate surface area is 141 Å². The van der Waals surface area contributed by atoms with Crippen molar-refractivity contribution in [2.24, 2.45) is 0 Å². The molecule has 2 saturated heterocycles. The zero-order chi connectivity index (χ0) is 17.0. The van der Waals surface area contributed by atoms with Crippen molar-refractivity contribution < 1.29 is 14.9 Å². The standard InChI is InChI=1S/C17H35N3O3/c1-13-7-18(5-6-20(13)8-14(2)21)11-17(22)12-19-9-15(3)23-16(4)10-19/h13-17,21-22H,5-12H2,1-4H3/t13-,14-,15-,16+,17-/m0/s1. The summed E-state index contributed by atoms with van der Waals surface area (Å²) in [6.45, 7) is 15.1. The Hall–Kier alpha value is -0.240. The Balaban J connectivity index is 1.72. The van der Waals surface area contributed by atoms with Gasteiger partial charge in [-0.1, -0.05) is 0 Å². The van der Waals surface area contributed by atoms with Crippen molar-refractivity contribution >= 4 is 0 Å². The summed E-state index contributed by atoms with van der Waals surface area (Å²) in [5.41, 5.74) is 0. The van der Waals surface area contributed by atoms with Gasteiger partial charge in [0.05, 0.1) is 24.4 Å². The summed E-state index contributed by atoms with van der Waals surface area (Å²) in [5.74, 6) is 0. The summed E-state index contributed by atoms with van der Waals surface area (Å²) in [6.07, 6.45) is -0.104. The minimum atomic E-state index is -0.317. The molecule has 0 aromatic heterocycles. The van der Waals surface area contributed by atoms with Gasteiger partial charge in [0.1, 0.15) is 0 Å². The lowest BCUT2D eigenvalue weighted by Crippen LogP contribution is -2.56. The average Bonchev–Trinajstić information content (AvgIpc) is 2.40. The van der Waals surface area contributed by atoms with Crippen LogP contribution in [0.15, 0.2) is 0 Å². The molecular weight excluding hydrogens is 294 g/mol. The molecule has 0 aromatic carbocycles. The van der Waals surface area contributed by atoms with Crippen molar-refractivity contribution in [1.82, 2.24) is 14.7 Å². The largest absolute Gasteiger partial charge is 0.392 e. The third kappa shape index (κ3) is 6.29. The van der Waals surface area contributed by atoms with E-state index in [1.54, 1.807) is 0 Å². The summed E-state index contributed by atoms with van der Waals surface area (Å²) in [5, 5.41) is 20.0. The SMILES string of the molecule is C[C@H](O)CN1CCN(C[C@H](O)CN2C[C@@H](C)O[C@@H](C)C2)C[C@@H]1C. The highest BCUT2D eigenvalue weighted by atomic mass is 16.5. The highest BCUT2D eigenvalue weighted by Gasteiger charge is 2.28. The molecule has 2 fully saturated rings. The molecular formula is C17H35N3O3. The molecule has 0 aromatic rings. The lowest BCUT2D eigenvalue weighted by Gasteiger charge is -2.42. The van der Waals surface area contributed by atoms with Crippen LogP contribution >= 0.6 is 0 Å². The number of aliphatic hydroxyl groups is 2. The van der Waals surface area contributed by atoms with Gasteiger partial charge in [0.2, 0.25) is 0 Å². The fourth-order valence-electron chi connectivity index (χ4n) is 3.93. The van der Waals surface area contributed by atoms with E-state index in [4.69, 9.17) is 4.74 Å². The fraction of sp³-hybridized carbons (Fsp3) is 1.00. The second kappa shape index (κ2) is 8.74. The van der Waals surface area contributed by atoms with Gasteiger partial charge in [-0.05, 0) is 27.7 Å². The molecule has 6 heteroatoms. The van der Waals surface area contributed by atoms with E-state index < -0.39 is 0 Å². The topological polar surface area (TPSA) is 59.4 Å². The van der Waals surface area contributed by atoms with Crippen molar-refractivity contribution in [1.29, 1.82) is 0 Å². The van der Waals surface area contributed by atoms with Crippen LogP contribution in [0, 0.1) is 0 Å². The van der Waals surface area contributed by atoms with E-state index in [1.165, 1.54) is 0 Å². The van der Waals surface area contributed by atoms with E-state index in [-0.39, 0.29) is 24.4 Å². The number of rotatable bonds is 6. The molecule has 136 valence electrons. The van der Waals surface area contributed by atoms with Gasteiger partial charge in [-0.2, -0.15) is 0 Å². The minimum Gasteiger partial charge on any atom is -0.392 e. The van der Waals surface area contributed by atoms with Crippen molar-refractivity contribution in [2.45, 2.75) is 58.2 Å². The van der Waals surface area contributed by atoms with Gasteiger partial charge in [-0.3, -0.25) is 14.7 Å². The molecule has 0 bridgehead atoms. The van der Waals surface area contributed by atoms with Crippen molar-refractivity contribution in [3.05, 3.63) is 0 Å². The normalized spacial score (nSPS) is 34.4. The van der Waals surface area contributed by atoms with Gasteiger partial charge in [-0.15, -0.1) is 0 Å². The van der Waals surface area contributed by atoms with Crippen LogP contribution in [0.1, 0.15) is 27.7 Å². The maximum absolute atomic E-state index is 10.4. The van der Waals surface area contributed by atoms with Gasteiger partial charge in [0.15, 0.2) is 0 Å². The quantitative estimate of drug-likeness (QED) is 0.706. The van der Waals surface area contributed by atoms with Crippen LogP contribution in [0.3, 0.4) is 0 Å². The van der Waals surface area contributed by atoms with Crippen LogP contribution in [0.5, 0.6) is 0 Å². The number of hydrogen-bond donors (Lipinski definition) is 2. The van der Waals surface area contributed by atoms with E-state index in [9.17, 15) is 10.2 Å². The molecule has 0 spiro atoms. The molecule has 2 aliphatic heterocycles. The van der Waals surface area contributed by atoms with E-state index >= 15 is 0 Å².